The maximum Gasteiger partial charge on any atom is 0.243 e. The van der Waals surface area contributed by atoms with E-state index in [0.717, 1.165) is 25.1 Å². The van der Waals surface area contributed by atoms with E-state index in [1.807, 2.05) is 18.2 Å². The zero-order valence-corrected chi connectivity index (χ0v) is 14.0. The maximum absolute atomic E-state index is 11.7. The van der Waals surface area contributed by atoms with Gasteiger partial charge in [-0.3, -0.25) is 9.78 Å². The average Bonchev–Trinajstić information content (AvgIpc) is 2.52. The molecule has 1 unspecified atom stereocenters. The number of carbonyl (C=O) groups is 1. The van der Waals surface area contributed by atoms with E-state index in [4.69, 9.17) is 0 Å². The fourth-order valence-electron chi connectivity index (χ4n) is 1.63. The van der Waals surface area contributed by atoms with E-state index in [1.165, 1.54) is 4.90 Å². The number of carbonyl (C=O) groups excluding carboxylic acids is 1. The van der Waals surface area contributed by atoms with Crippen LogP contribution >= 0.6 is 0 Å². The molecule has 0 aliphatic carbocycles. The molecule has 1 aromatic rings. The minimum Gasteiger partial charge on any atom is -0.356 e. The molecular weight excluding hydrogens is 278 g/mol. The van der Waals surface area contributed by atoms with E-state index >= 15 is 0 Å². The Labute approximate surface area is 133 Å². The first kappa shape index (κ1) is 17.9. The molecular formula is C16H27N5O. The summed E-state index contributed by atoms with van der Waals surface area (Å²) in [5.41, 5.74) is 1.03. The third kappa shape index (κ3) is 7.06. The smallest absolute Gasteiger partial charge is 0.243 e. The molecule has 6 heteroatoms. The summed E-state index contributed by atoms with van der Waals surface area (Å²) in [6, 6.07) is 6.18. The van der Waals surface area contributed by atoms with E-state index in [9.17, 15) is 4.79 Å². The fourth-order valence-corrected chi connectivity index (χ4v) is 1.63. The highest BCUT2D eigenvalue weighted by atomic mass is 16.2. The van der Waals surface area contributed by atoms with Gasteiger partial charge in [-0.1, -0.05) is 13.0 Å². The summed E-state index contributed by atoms with van der Waals surface area (Å²) in [4.78, 5) is 21.8. The molecule has 1 amide bonds. The van der Waals surface area contributed by atoms with Gasteiger partial charge in [-0.05, 0) is 25.5 Å². The molecule has 2 N–H and O–H groups in total. The highest BCUT2D eigenvalue weighted by molar-refractivity contribution is 5.84. The number of pyridine rings is 1. The molecule has 0 aromatic carbocycles. The third-order valence-electron chi connectivity index (χ3n) is 3.27. The Morgan fingerprint density at radius 1 is 1.41 bits per heavy atom. The zero-order chi connectivity index (χ0) is 16.4. The van der Waals surface area contributed by atoms with Crippen LogP contribution in [0.3, 0.4) is 0 Å². The number of rotatable bonds is 7. The molecule has 22 heavy (non-hydrogen) atoms. The van der Waals surface area contributed by atoms with Crippen LogP contribution in [0.25, 0.3) is 0 Å². The molecule has 0 fully saturated rings. The molecule has 122 valence electrons. The quantitative estimate of drug-likeness (QED) is 0.583. The summed E-state index contributed by atoms with van der Waals surface area (Å²) in [5, 5.41) is 6.55. The van der Waals surface area contributed by atoms with Gasteiger partial charge in [-0.2, -0.15) is 0 Å². The Bertz CT molecular complexity index is 473. The van der Waals surface area contributed by atoms with E-state index in [-0.39, 0.29) is 12.5 Å². The van der Waals surface area contributed by atoms with Crippen LogP contribution in [0.5, 0.6) is 0 Å². The van der Waals surface area contributed by atoms with E-state index in [1.54, 1.807) is 20.3 Å². The second-order valence-corrected chi connectivity index (χ2v) is 5.40. The van der Waals surface area contributed by atoms with Crippen molar-refractivity contribution in [2.75, 3.05) is 27.2 Å². The zero-order valence-electron chi connectivity index (χ0n) is 14.0. The number of hydrogen-bond acceptors (Lipinski definition) is 3. The van der Waals surface area contributed by atoms with E-state index in [2.05, 4.69) is 34.5 Å². The predicted octanol–water partition coefficient (Wildman–Crippen LogP) is 1.05. The van der Waals surface area contributed by atoms with Gasteiger partial charge >= 0.3 is 0 Å². The van der Waals surface area contributed by atoms with Gasteiger partial charge < -0.3 is 15.5 Å². The number of aromatic nitrogens is 1. The molecule has 0 spiro atoms. The molecule has 0 saturated carbocycles. The van der Waals surface area contributed by atoms with Crippen molar-refractivity contribution in [2.45, 2.75) is 32.7 Å². The van der Waals surface area contributed by atoms with Crippen molar-refractivity contribution in [3.63, 3.8) is 0 Å². The summed E-state index contributed by atoms with van der Waals surface area (Å²) < 4.78 is 0. The lowest BCUT2D eigenvalue weighted by atomic mass is 10.2. The first-order valence-electron chi connectivity index (χ1n) is 7.67. The monoisotopic (exact) mass is 305 g/mol. The normalized spacial score (nSPS) is 12.6. The number of hydrogen-bond donors (Lipinski definition) is 2. The summed E-state index contributed by atoms with van der Waals surface area (Å²) in [6.45, 7) is 5.05. The highest BCUT2D eigenvalue weighted by Crippen LogP contribution is 1.94. The highest BCUT2D eigenvalue weighted by Gasteiger charge is 2.06. The summed E-state index contributed by atoms with van der Waals surface area (Å²) in [6.07, 6.45) is 3.59. The minimum atomic E-state index is -0.0185. The number of nitrogens with one attached hydrogen (secondary N) is 2. The predicted molar refractivity (Wildman–Crippen MR) is 89.8 cm³/mol. The molecule has 0 aliphatic rings. The second-order valence-electron chi connectivity index (χ2n) is 5.40. The van der Waals surface area contributed by atoms with Crippen molar-refractivity contribution < 1.29 is 4.79 Å². The Morgan fingerprint density at radius 2 is 2.18 bits per heavy atom. The van der Waals surface area contributed by atoms with E-state index in [0.29, 0.717) is 12.0 Å². The van der Waals surface area contributed by atoms with Crippen LogP contribution in [0, 0.1) is 0 Å². The first-order chi connectivity index (χ1) is 10.5. The SMILES string of the molecule is CCC(C)NC(=NCC(=O)N(C)C)NCCc1ccccn1. The van der Waals surface area contributed by atoms with Crippen LogP contribution in [0.1, 0.15) is 26.0 Å². The van der Waals surface area contributed by atoms with Crippen molar-refractivity contribution in [1.29, 1.82) is 0 Å². The van der Waals surface area contributed by atoms with Gasteiger partial charge in [0, 0.05) is 45.0 Å². The fraction of sp³-hybridized carbons (Fsp3) is 0.562. The van der Waals surface area contributed by atoms with Gasteiger partial charge in [0.1, 0.15) is 6.54 Å². The molecule has 1 rings (SSSR count). The maximum atomic E-state index is 11.7. The van der Waals surface area contributed by atoms with Gasteiger partial charge in [0.2, 0.25) is 5.91 Å². The topological polar surface area (TPSA) is 69.6 Å². The van der Waals surface area contributed by atoms with Crippen LogP contribution < -0.4 is 10.6 Å². The molecule has 0 radical (unpaired) electrons. The lowest BCUT2D eigenvalue weighted by Crippen LogP contribution is -2.43. The molecule has 0 aliphatic heterocycles. The summed E-state index contributed by atoms with van der Waals surface area (Å²) in [7, 11) is 3.46. The minimum absolute atomic E-state index is 0.0185. The van der Waals surface area contributed by atoms with Crippen molar-refractivity contribution >= 4 is 11.9 Å². The van der Waals surface area contributed by atoms with Crippen molar-refractivity contribution in [3.05, 3.63) is 30.1 Å². The van der Waals surface area contributed by atoms with Crippen molar-refractivity contribution in [2.24, 2.45) is 4.99 Å². The van der Waals surface area contributed by atoms with Crippen LogP contribution in [0.15, 0.2) is 29.4 Å². The van der Waals surface area contributed by atoms with E-state index < -0.39 is 0 Å². The first-order valence-corrected chi connectivity index (χ1v) is 7.67. The number of nitrogens with zero attached hydrogens (tertiary/aromatic N) is 3. The molecule has 1 atom stereocenters. The van der Waals surface area contributed by atoms with Crippen LogP contribution in [0.2, 0.25) is 0 Å². The summed E-state index contributed by atoms with van der Waals surface area (Å²) in [5.74, 6) is 0.649. The van der Waals surface area contributed by atoms with Gasteiger partial charge in [0.15, 0.2) is 5.96 Å². The van der Waals surface area contributed by atoms with Crippen LogP contribution in [-0.4, -0.2) is 55.0 Å². The number of aliphatic imine (C=N–C) groups is 1. The third-order valence-corrected chi connectivity index (χ3v) is 3.27. The lowest BCUT2D eigenvalue weighted by molar-refractivity contribution is -0.127. The summed E-state index contributed by atoms with van der Waals surface area (Å²) >= 11 is 0. The van der Waals surface area contributed by atoms with Gasteiger partial charge in [0.05, 0.1) is 0 Å². The van der Waals surface area contributed by atoms with Crippen LogP contribution in [0.4, 0.5) is 0 Å². The second kappa shape index (κ2) is 9.76. The molecule has 1 heterocycles. The van der Waals surface area contributed by atoms with Gasteiger partial charge in [-0.25, -0.2) is 4.99 Å². The molecule has 1 aromatic heterocycles. The number of guanidine groups is 1. The molecule has 0 bridgehead atoms. The average molecular weight is 305 g/mol. The number of likely N-dealkylation sites (N-methyl/N-ethyl adjacent to an activating group) is 1. The number of amides is 1. The Kier molecular flexibility index (Phi) is 7.96. The Morgan fingerprint density at radius 3 is 2.77 bits per heavy atom. The van der Waals surface area contributed by atoms with Crippen molar-refractivity contribution in [1.82, 2.24) is 20.5 Å². The van der Waals surface area contributed by atoms with Crippen LogP contribution in [-0.2, 0) is 11.2 Å². The van der Waals surface area contributed by atoms with Gasteiger partial charge in [0.25, 0.3) is 0 Å². The van der Waals surface area contributed by atoms with Gasteiger partial charge in [-0.15, -0.1) is 0 Å². The Balaban J connectivity index is 2.53. The molecule has 0 saturated heterocycles. The Hall–Kier alpha value is -2.11. The standard InChI is InChI=1S/C16H27N5O/c1-5-13(2)20-16(19-12-15(22)21(3)4)18-11-9-14-8-6-7-10-17-14/h6-8,10,13H,5,9,11-12H2,1-4H3,(H2,18,19,20). The van der Waals surface area contributed by atoms with Crippen molar-refractivity contribution in [3.8, 4) is 0 Å². The molecule has 6 nitrogen and oxygen atoms in total. The lowest BCUT2D eigenvalue weighted by Gasteiger charge is -2.17. The largest absolute Gasteiger partial charge is 0.356 e.